The molecule has 0 radical (unpaired) electrons. The molecule has 0 bridgehead atoms. The van der Waals surface area contributed by atoms with Crippen molar-refractivity contribution in [2.75, 3.05) is 12.0 Å². The molecular weight excluding hydrogens is 240 g/mol. The van der Waals surface area contributed by atoms with E-state index in [9.17, 15) is 9.59 Å². The maximum Gasteiger partial charge on any atom is 0.242 e. The second kappa shape index (κ2) is 4.50. The minimum atomic E-state index is -0.383. The van der Waals surface area contributed by atoms with E-state index in [0.717, 1.165) is 0 Å². The van der Waals surface area contributed by atoms with Crippen LogP contribution >= 0.6 is 12.2 Å². The molecule has 0 aromatic heterocycles. The number of hydrogen-bond donors (Lipinski definition) is 1. The summed E-state index contributed by atoms with van der Waals surface area (Å²) < 4.78 is 5.16. The van der Waals surface area contributed by atoms with Crippen LogP contribution in [0, 0.1) is 0 Å². The Kier molecular flexibility index (Phi) is 3.06. The van der Waals surface area contributed by atoms with Crippen molar-refractivity contribution in [3.05, 3.63) is 24.3 Å². The molecule has 6 heteroatoms. The molecule has 2 amide bonds. The van der Waals surface area contributed by atoms with Gasteiger partial charge in [0, 0.05) is 0 Å². The topological polar surface area (TPSA) is 58.6 Å². The van der Waals surface area contributed by atoms with Crippen LogP contribution in [0.5, 0.6) is 5.75 Å². The van der Waals surface area contributed by atoms with Gasteiger partial charge in [-0.05, 0) is 24.4 Å². The van der Waals surface area contributed by atoms with E-state index in [1.807, 2.05) is 0 Å². The lowest BCUT2D eigenvalue weighted by atomic mass is 10.2. The molecule has 1 fully saturated rings. The van der Waals surface area contributed by atoms with Crippen molar-refractivity contribution in [3.63, 3.8) is 0 Å². The van der Waals surface area contributed by atoms with Gasteiger partial charge in [-0.25, -0.2) is 0 Å². The highest BCUT2D eigenvalue weighted by Crippen LogP contribution is 2.29. The average Bonchev–Trinajstić information content (AvgIpc) is 2.28. The molecule has 0 aliphatic carbocycles. The lowest BCUT2D eigenvalue weighted by Crippen LogP contribution is -2.52. The zero-order chi connectivity index (χ0) is 12.4. The normalized spacial score (nSPS) is 15.8. The highest BCUT2D eigenvalue weighted by Gasteiger charge is 2.30. The molecule has 0 spiro atoms. The van der Waals surface area contributed by atoms with Crippen LogP contribution in [-0.2, 0) is 9.59 Å². The van der Waals surface area contributed by atoms with Crippen molar-refractivity contribution in [2.45, 2.75) is 6.42 Å². The molecule has 17 heavy (non-hydrogen) atoms. The maximum atomic E-state index is 11.8. The van der Waals surface area contributed by atoms with E-state index in [1.54, 1.807) is 24.3 Å². The fourth-order valence-electron chi connectivity index (χ4n) is 1.61. The number of thiocarbonyl (C=S) groups is 1. The van der Waals surface area contributed by atoms with Crippen molar-refractivity contribution in [3.8, 4) is 5.75 Å². The summed E-state index contributed by atoms with van der Waals surface area (Å²) in [6, 6.07) is 6.99. The van der Waals surface area contributed by atoms with E-state index in [0.29, 0.717) is 11.4 Å². The van der Waals surface area contributed by atoms with Crippen LogP contribution in [0.1, 0.15) is 6.42 Å². The van der Waals surface area contributed by atoms with Gasteiger partial charge in [0.2, 0.25) is 11.8 Å². The van der Waals surface area contributed by atoms with E-state index >= 15 is 0 Å². The van der Waals surface area contributed by atoms with Crippen LogP contribution in [-0.4, -0.2) is 24.0 Å². The summed E-state index contributed by atoms with van der Waals surface area (Å²) in [5, 5.41) is 2.53. The van der Waals surface area contributed by atoms with E-state index in [4.69, 9.17) is 17.0 Å². The predicted molar refractivity (Wildman–Crippen MR) is 65.8 cm³/mol. The van der Waals surface area contributed by atoms with Crippen molar-refractivity contribution in [1.29, 1.82) is 0 Å². The predicted octanol–water partition coefficient (Wildman–Crippen LogP) is 0.833. The highest BCUT2D eigenvalue weighted by atomic mass is 32.1. The van der Waals surface area contributed by atoms with Gasteiger partial charge in [0.25, 0.3) is 0 Å². The Morgan fingerprint density at radius 2 is 2.06 bits per heavy atom. The molecule has 1 aromatic rings. The first-order chi connectivity index (χ1) is 8.13. The fourth-order valence-corrected chi connectivity index (χ4v) is 1.92. The van der Waals surface area contributed by atoms with Gasteiger partial charge in [0.1, 0.15) is 12.2 Å². The van der Waals surface area contributed by atoms with Crippen LogP contribution in [0.25, 0.3) is 0 Å². The van der Waals surface area contributed by atoms with E-state index < -0.39 is 0 Å². The summed E-state index contributed by atoms with van der Waals surface area (Å²) in [7, 11) is 1.51. The second-order valence-corrected chi connectivity index (χ2v) is 3.82. The molecule has 5 nitrogen and oxygen atoms in total. The Morgan fingerprint density at radius 3 is 2.71 bits per heavy atom. The number of carbonyl (C=O) groups is 2. The standard InChI is InChI=1S/C11H10N2O3S/c1-16-8-5-3-2-4-7(8)13-10(15)6-9(14)12-11(13)17/h2-5H,6H2,1H3,(H,12,14,17). The Morgan fingerprint density at radius 1 is 1.35 bits per heavy atom. The molecule has 1 aromatic carbocycles. The quantitative estimate of drug-likeness (QED) is 0.624. The number of carbonyl (C=O) groups excluding carboxylic acids is 2. The Labute approximate surface area is 103 Å². The van der Waals surface area contributed by atoms with E-state index in [1.165, 1.54) is 12.0 Å². The van der Waals surface area contributed by atoms with Gasteiger partial charge in [0.05, 0.1) is 12.8 Å². The highest BCUT2D eigenvalue weighted by molar-refractivity contribution is 7.80. The Bertz CT molecular complexity index is 481. The molecule has 1 heterocycles. The molecule has 1 saturated heterocycles. The van der Waals surface area contributed by atoms with Crippen molar-refractivity contribution in [1.82, 2.24) is 5.32 Å². The summed E-state index contributed by atoms with van der Waals surface area (Å²) in [4.78, 5) is 24.2. The van der Waals surface area contributed by atoms with Gasteiger partial charge in [-0.3, -0.25) is 14.5 Å². The zero-order valence-corrected chi connectivity index (χ0v) is 9.91. The number of nitrogens with one attached hydrogen (secondary N) is 1. The summed E-state index contributed by atoms with van der Waals surface area (Å²) in [5.74, 6) is -0.214. The van der Waals surface area contributed by atoms with Crippen LogP contribution in [0.4, 0.5) is 5.69 Å². The smallest absolute Gasteiger partial charge is 0.242 e. The van der Waals surface area contributed by atoms with Gasteiger partial charge in [0.15, 0.2) is 5.11 Å². The molecule has 0 atom stereocenters. The number of ether oxygens (including phenoxy) is 1. The second-order valence-electron chi connectivity index (χ2n) is 3.43. The summed E-state index contributed by atoms with van der Waals surface area (Å²) >= 11 is 4.99. The molecule has 1 aliphatic heterocycles. The number of anilines is 1. The molecule has 0 saturated carbocycles. The van der Waals surface area contributed by atoms with Crippen LogP contribution in [0.3, 0.4) is 0 Å². The number of nitrogens with zero attached hydrogens (tertiary/aromatic N) is 1. The van der Waals surface area contributed by atoms with Gasteiger partial charge in [-0.1, -0.05) is 12.1 Å². The fraction of sp³-hybridized carbons (Fsp3) is 0.182. The van der Waals surface area contributed by atoms with Gasteiger partial charge < -0.3 is 10.1 Å². The van der Waals surface area contributed by atoms with Gasteiger partial charge in [-0.15, -0.1) is 0 Å². The van der Waals surface area contributed by atoms with Crippen molar-refractivity contribution >= 4 is 34.8 Å². The third kappa shape index (κ3) is 2.12. The number of para-hydroxylation sites is 2. The van der Waals surface area contributed by atoms with Gasteiger partial charge >= 0.3 is 0 Å². The number of benzene rings is 1. The first-order valence-electron chi connectivity index (χ1n) is 4.93. The van der Waals surface area contributed by atoms with Gasteiger partial charge in [-0.2, -0.15) is 0 Å². The third-order valence-electron chi connectivity index (χ3n) is 2.34. The molecule has 2 rings (SSSR count). The monoisotopic (exact) mass is 250 g/mol. The van der Waals surface area contributed by atoms with Crippen LogP contribution in [0.15, 0.2) is 24.3 Å². The summed E-state index contributed by atoms with van der Waals surface area (Å²) in [6.07, 6.45) is -0.210. The van der Waals surface area contributed by atoms with E-state index in [-0.39, 0.29) is 23.3 Å². The first-order valence-corrected chi connectivity index (χ1v) is 5.34. The number of hydrogen-bond acceptors (Lipinski definition) is 4. The number of methoxy groups -OCH3 is 1. The molecule has 1 aliphatic rings. The SMILES string of the molecule is COc1ccccc1N1C(=O)CC(=O)NC1=S. The third-order valence-corrected chi connectivity index (χ3v) is 2.62. The molecule has 1 N–H and O–H groups in total. The summed E-state index contributed by atoms with van der Waals surface area (Å²) in [6.45, 7) is 0. The number of amides is 2. The lowest BCUT2D eigenvalue weighted by molar-refractivity contribution is -0.127. The van der Waals surface area contributed by atoms with Crippen LogP contribution < -0.4 is 15.0 Å². The Balaban J connectivity index is 2.42. The lowest BCUT2D eigenvalue weighted by Gasteiger charge is -2.28. The first kappa shape index (κ1) is 11.5. The Hall–Kier alpha value is -1.95. The van der Waals surface area contributed by atoms with Crippen LogP contribution in [0.2, 0.25) is 0 Å². The average molecular weight is 250 g/mol. The molecular formula is C11H10N2O3S. The molecule has 0 unspecified atom stereocenters. The summed E-state index contributed by atoms with van der Waals surface area (Å²) in [5.41, 5.74) is 0.532. The van der Waals surface area contributed by atoms with Crippen molar-refractivity contribution in [2.24, 2.45) is 0 Å². The largest absolute Gasteiger partial charge is 0.495 e. The van der Waals surface area contributed by atoms with Crippen molar-refractivity contribution < 1.29 is 14.3 Å². The minimum absolute atomic E-state index is 0.0794. The molecule has 88 valence electrons. The van der Waals surface area contributed by atoms with E-state index in [2.05, 4.69) is 5.32 Å². The zero-order valence-electron chi connectivity index (χ0n) is 9.10. The maximum absolute atomic E-state index is 11.8. The number of rotatable bonds is 2. The minimum Gasteiger partial charge on any atom is -0.495 e.